The molecule has 0 aromatic heterocycles. The standard InChI is InChI=1S/C22H33NO6/c1-7-27-20-12-15(8-11-19(20)26-6)17-10-9-16(28-14(2)24)13-18(17)23-21(25)29-22(3,4)5/h8,11-12,16-18H,7,9-10,13H2,1-6H3,(H,23,25). The van der Waals surface area contributed by atoms with Crippen LogP contribution in [-0.2, 0) is 14.3 Å². The molecule has 1 N–H and O–H groups in total. The van der Waals surface area contributed by atoms with Crippen LogP contribution in [0, 0.1) is 0 Å². The molecule has 7 heteroatoms. The van der Waals surface area contributed by atoms with Gasteiger partial charge in [0.2, 0.25) is 0 Å². The summed E-state index contributed by atoms with van der Waals surface area (Å²) in [5.41, 5.74) is 0.447. The summed E-state index contributed by atoms with van der Waals surface area (Å²) < 4.78 is 21.9. The van der Waals surface area contributed by atoms with Crippen molar-refractivity contribution in [1.29, 1.82) is 0 Å². The Morgan fingerprint density at radius 3 is 2.48 bits per heavy atom. The molecular formula is C22H33NO6. The van der Waals surface area contributed by atoms with Crippen molar-refractivity contribution in [1.82, 2.24) is 5.32 Å². The first-order valence-corrected chi connectivity index (χ1v) is 10.1. The number of amides is 1. The molecule has 0 spiro atoms. The SMILES string of the molecule is CCOc1cc(C2CCC(OC(C)=O)CC2NC(=O)OC(C)(C)C)ccc1OC. The first kappa shape index (κ1) is 22.8. The van der Waals surface area contributed by atoms with Crippen molar-refractivity contribution < 1.29 is 28.5 Å². The molecule has 0 heterocycles. The molecule has 0 radical (unpaired) electrons. The van der Waals surface area contributed by atoms with E-state index >= 15 is 0 Å². The van der Waals surface area contributed by atoms with Gasteiger partial charge in [0.1, 0.15) is 11.7 Å². The zero-order valence-corrected chi connectivity index (χ0v) is 18.2. The van der Waals surface area contributed by atoms with Gasteiger partial charge < -0.3 is 24.3 Å². The second-order valence-corrected chi connectivity index (χ2v) is 8.25. The Labute approximate surface area is 173 Å². The summed E-state index contributed by atoms with van der Waals surface area (Å²) in [6.07, 6.45) is 1.31. The molecule has 1 saturated carbocycles. The Hall–Kier alpha value is -2.44. The van der Waals surface area contributed by atoms with E-state index in [9.17, 15) is 9.59 Å². The first-order chi connectivity index (χ1) is 13.6. The van der Waals surface area contributed by atoms with Gasteiger partial charge >= 0.3 is 12.1 Å². The maximum Gasteiger partial charge on any atom is 0.407 e. The van der Waals surface area contributed by atoms with Crippen LogP contribution in [0.15, 0.2) is 18.2 Å². The number of hydrogen-bond donors (Lipinski definition) is 1. The highest BCUT2D eigenvalue weighted by Crippen LogP contribution is 2.38. The summed E-state index contributed by atoms with van der Waals surface area (Å²) in [6.45, 7) is 9.32. The van der Waals surface area contributed by atoms with Crippen molar-refractivity contribution in [2.24, 2.45) is 0 Å². The van der Waals surface area contributed by atoms with Gasteiger partial charge in [-0.25, -0.2) is 4.79 Å². The number of rotatable bonds is 6. The third kappa shape index (κ3) is 6.84. The van der Waals surface area contributed by atoms with E-state index in [1.54, 1.807) is 7.11 Å². The zero-order chi connectivity index (χ0) is 21.6. The van der Waals surface area contributed by atoms with Gasteiger partial charge in [-0.1, -0.05) is 6.07 Å². The van der Waals surface area contributed by atoms with E-state index in [-0.39, 0.29) is 24.0 Å². The van der Waals surface area contributed by atoms with E-state index in [2.05, 4.69) is 5.32 Å². The molecule has 0 aliphatic heterocycles. The van der Waals surface area contributed by atoms with Crippen molar-refractivity contribution in [3.63, 3.8) is 0 Å². The molecule has 7 nitrogen and oxygen atoms in total. The molecule has 0 saturated heterocycles. The predicted molar refractivity (Wildman–Crippen MR) is 109 cm³/mol. The number of ether oxygens (including phenoxy) is 4. The van der Waals surface area contributed by atoms with Crippen LogP contribution < -0.4 is 14.8 Å². The minimum Gasteiger partial charge on any atom is -0.493 e. The van der Waals surface area contributed by atoms with Crippen molar-refractivity contribution >= 4 is 12.1 Å². The lowest BCUT2D eigenvalue weighted by molar-refractivity contribution is -0.148. The average molecular weight is 408 g/mol. The summed E-state index contributed by atoms with van der Waals surface area (Å²) in [5.74, 6) is 1.07. The average Bonchev–Trinajstić information content (AvgIpc) is 2.60. The van der Waals surface area contributed by atoms with Gasteiger partial charge in [0.15, 0.2) is 11.5 Å². The van der Waals surface area contributed by atoms with Crippen LogP contribution in [0.2, 0.25) is 0 Å². The molecular weight excluding hydrogens is 374 g/mol. The molecule has 1 aromatic carbocycles. The van der Waals surface area contributed by atoms with Gasteiger partial charge in [-0.05, 0) is 58.2 Å². The van der Waals surface area contributed by atoms with E-state index < -0.39 is 11.7 Å². The summed E-state index contributed by atoms with van der Waals surface area (Å²) >= 11 is 0. The second-order valence-electron chi connectivity index (χ2n) is 8.25. The Balaban J connectivity index is 2.25. The van der Waals surface area contributed by atoms with Gasteiger partial charge in [-0.2, -0.15) is 0 Å². The fraction of sp³-hybridized carbons (Fsp3) is 0.636. The minimum atomic E-state index is -0.591. The molecule has 3 unspecified atom stereocenters. The third-order valence-corrected chi connectivity index (χ3v) is 4.75. The summed E-state index contributed by atoms with van der Waals surface area (Å²) in [6, 6.07) is 5.60. The summed E-state index contributed by atoms with van der Waals surface area (Å²) in [5, 5.41) is 2.98. The lowest BCUT2D eigenvalue weighted by Crippen LogP contribution is -2.46. The van der Waals surface area contributed by atoms with E-state index in [4.69, 9.17) is 18.9 Å². The topological polar surface area (TPSA) is 83.1 Å². The van der Waals surface area contributed by atoms with Crippen molar-refractivity contribution in [3.05, 3.63) is 23.8 Å². The molecule has 162 valence electrons. The molecule has 1 aliphatic carbocycles. The van der Waals surface area contributed by atoms with Gasteiger partial charge in [0, 0.05) is 25.3 Å². The minimum absolute atomic E-state index is 0.0411. The normalized spacial score (nSPS) is 21.8. The van der Waals surface area contributed by atoms with Crippen LogP contribution in [0.4, 0.5) is 4.79 Å². The number of carbonyl (C=O) groups is 2. The molecule has 29 heavy (non-hydrogen) atoms. The smallest absolute Gasteiger partial charge is 0.407 e. The Morgan fingerprint density at radius 1 is 1.17 bits per heavy atom. The van der Waals surface area contributed by atoms with Crippen LogP contribution in [0.3, 0.4) is 0 Å². The number of alkyl carbamates (subject to hydrolysis) is 1. The molecule has 2 rings (SSSR count). The second kappa shape index (κ2) is 9.85. The maximum absolute atomic E-state index is 12.4. The Bertz CT molecular complexity index is 712. The van der Waals surface area contributed by atoms with Gasteiger partial charge in [-0.3, -0.25) is 4.79 Å². The molecule has 3 atom stereocenters. The maximum atomic E-state index is 12.4. The van der Waals surface area contributed by atoms with Gasteiger partial charge in [-0.15, -0.1) is 0 Å². The summed E-state index contributed by atoms with van der Waals surface area (Å²) in [7, 11) is 1.61. The first-order valence-electron chi connectivity index (χ1n) is 10.1. The van der Waals surface area contributed by atoms with Gasteiger partial charge in [0.05, 0.1) is 13.7 Å². The fourth-order valence-electron chi connectivity index (χ4n) is 3.68. The molecule has 1 amide bonds. The highest BCUT2D eigenvalue weighted by atomic mass is 16.6. The number of carbonyl (C=O) groups excluding carboxylic acids is 2. The molecule has 1 aliphatic rings. The molecule has 1 fully saturated rings. The van der Waals surface area contributed by atoms with Gasteiger partial charge in [0.25, 0.3) is 0 Å². The van der Waals surface area contributed by atoms with Crippen LogP contribution in [0.5, 0.6) is 11.5 Å². The Morgan fingerprint density at radius 2 is 1.90 bits per heavy atom. The highest BCUT2D eigenvalue weighted by Gasteiger charge is 2.35. The lowest BCUT2D eigenvalue weighted by atomic mass is 9.78. The quantitative estimate of drug-likeness (QED) is 0.712. The number of hydrogen-bond acceptors (Lipinski definition) is 6. The number of benzene rings is 1. The van der Waals surface area contributed by atoms with Crippen LogP contribution in [0.25, 0.3) is 0 Å². The Kier molecular flexibility index (Phi) is 7.76. The van der Waals surface area contributed by atoms with E-state index in [1.165, 1.54) is 6.92 Å². The van der Waals surface area contributed by atoms with Crippen LogP contribution >= 0.6 is 0 Å². The lowest BCUT2D eigenvalue weighted by Gasteiger charge is -2.37. The largest absolute Gasteiger partial charge is 0.493 e. The number of esters is 1. The van der Waals surface area contributed by atoms with Crippen LogP contribution in [-0.4, -0.2) is 43.5 Å². The van der Waals surface area contributed by atoms with E-state index in [0.29, 0.717) is 24.5 Å². The zero-order valence-electron chi connectivity index (χ0n) is 18.2. The number of methoxy groups -OCH3 is 1. The fourth-order valence-corrected chi connectivity index (χ4v) is 3.68. The summed E-state index contributed by atoms with van der Waals surface area (Å²) in [4.78, 5) is 23.8. The number of nitrogens with one attached hydrogen (secondary N) is 1. The van der Waals surface area contributed by atoms with Crippen LogP contribution in [0.1, 0.15) is 65.4 Å². The van der Waals surface area contributed by atoms with E-state index in [0.717, 1.165) is 18.4 Å². The predicted octanol–water partition coefficient (Wildman–Crippen LogP) is 4.19. The van der Waals surface area contributed by atoms with E-state index in [1.807, 2.05) is 45.9 Å². The van der Waals surface area contributed by atoms with Crippen molar-refractivity contribution in [3.8, 4) is 11.5 Å². The monoisotopic (exact) mass is 407 g/mol. The molecule has 0 bridgehead atoms. The molecule has 1 aromatic rings. The third-order valence-electron chi connectivity index (χ3n) is 4.75. The van der Waals surface area contributed by atoms with Crippen molar-refractivity contribution in [2.75, 3.05) is 13.7 Å². The highest BCUT2D eigenvalue weighted by molar-refractivity contribution is 5.68. The van der Waals surface area contributed by atoms with Crippen molar-refractivity contribution in [2.45, 2.75) is 77.5 Å².